The first-order valence-electron chi connectivity index (χ1n) is 9.73. The molecule has 3 amide bonds. The highest BCUT2D eigenvalue weighted by Crippen LogP contribution is 2.31. The van der Waals surface area contributed by atoms with E-state index < -0.39 is 11.8 Å². The summed E-state index contributed by atoms with van der Waals surface area (Å²) in [6, 6.07) is 17.9. The van der Waals surface area contributed by atoms with Crippen LogP contribution >= 0.6 is 34.8 Å². The second-order valence-corrected chi connectivity index (χ2v) is 8.48. The molecule has 0 saturated carbocycles. The molecule has 0 fully saturated rings. The number of imide groups is 1. The number of nitrogens with zero attached hydrogens (tertiary/aromatic N) is 1. The zero-order valence-corrected chi connectivity index (χ0v) is 19.4. The quantitative estimate of drug-likeness (QED) is 0.422. The Kier molecular flexibility index (Phi) is 6.42. The van der Waals surface area contributed by atoms with E-state index in [4.69, 9.17) is 34.8 Å². The lowest BCUT2D eigenvalue weighted by Crippen LogP contribution is -2.32. The van der Waals surface area contributed by atoms with Gasteiger partial charge in [0.05, 0.1) is 5.69 Å². The van der Waals surface area contributed by atoms with Crippen LogP contribution in [-0.2, 0) is 9.59 Å². The highest BCUT2D eigenvalue weighted by molar-refractivity contribution is 6.53. The fourth-order valence-corrected chi connectivity index (χ4v) is 3.90. The normalized spacial score (nSPS) is 13.5. The van der Waals surface area contributed by atoms with Gasteiger partial charge in [-0.25, -0.2) is 4.90 Å². The van der Waals surface area contributed by atoms with Gasteiger partial charge in [-0.3, -0.25) is 14.4 Å². The molecule has 0 aromatic heterocycles. The van der Waals surface area contributed by atoms with E-state index in [1.165, 1.54) is 6.07 Å². The number of carbonyl (C=O) groups excluding carboxylic acids is 3. The third-order valence-corrected chi connectivity index (χ3v) is 5.77. The van der Waals surface area contributed by atoms with Crippen LogP contribution in [0, 0.1) is 6.92 Å². The van der Waals surface area contributed by atoms with Gasteiger partial charge in [0.15, 0.2) is 0 Å². The van der Waals surface area contributed by atoms with Crippen LogP contribution in [0.15, 0.2) is 77.5 Å². The molecule has 9 heteroatoms. The average molecular weight is 501 g/mol. The second kappa shape index (κ2) is 9.27. The summed E-state index contributed by atoms with van der Waals surface area (Å²) in [5.41, 5.74) is 2.64. The van der Waals surface area contributed by atoms with Gasteiger partial charge in [0, 0.05) is 27.0 Å². The van der Waals surface area contributed by atoms with Crippen molar-refractivity contribution >= 4 is 69.6 Å². The number of rotatable bonds is 5. The highest BCUT2D eigenvalue weighted by Gasteiger charge is 2.39. The number of nitrogens with one attached hydrogen (secondary N) is 2. The largest absolute Gasteiger partial charge is 0.350 e. The van der Waals surface area contributed by atoms with Crippen LogP contribution in [0.4, 0.5) is 17.1 Å². The van der Waals surface area contributed by atoms with Crippen LogP contribution in [-0.4, -0.2) is 17.7 Å². The molecule has 0 radical (unpaired) electrons. The Hall–Kier alpha value is -3.32. The fourth-order valence-electron chi connectivity index (χ4n) is 3.27. The fraction of sp³-hybridized carbons (Fsp3) is 0.0417. The summed E-state index contributed by atoms with van der Waals surface area (Å²) >= 11 is 18.1. The van der Waals surface area contributed by atoms with Gasteiger partial charge in [-0.2, -0.15) is 0 Å². The van der Waals surface area contributed by atoms with Crippen molar-refractivity contribution < 1.29 is 14.4 Å². The number of carbonyl (C=O) groups is 3. The summed E-state index contributed by atoms with van der Waals surface area (Å²) in [5, 5.41) is 6.44. The van der Waals surface area contributed by atoms with Crippen LogP contribution in [0.1, 0.15) is 15.9 Å². The van der Waals surface area contributed by atoms with Gasteiger partial charge in [-0.05, 0) is 73.2 Å². The maximum absolute atomic E-state index is 12.9. The molecule has 33 heavy (non-hydrogen) atoms. The molecule has 1 aliphatic heterocycles. The molecule has 0 bridgehead atoms. The van der Waals surface area contributed by atoms with Gasteiger partial charge in [0.1, 0.15) is 10.7 Å². The van der Waals surface area contributed by atoms with Crippen LogP contribution < -0.4 is 15.5 Å². The minimum Gasteiger partial charge on any atom is -0.350 e. The molecule has 3 aromatic rings. The van der Waals surface area contributed by atoms with Crippen LogP contribution in [0.5, 0.6) is 0 Å². The zero-order valence-electron chi connectivity index (χ0n) is 17.2. The first kappa shape index (κ1) is 22.9. The third kappa shape index (κ3) is 4.73. The van der Waals surface area contributed by atoms with E-state index in [1.54, 1.807) is 60.7 Å². The lowest BCUT2D eigenvalue weighted by molar-refractivity contribution is -0.120. The maximum Gasteiger partial charge on any atom is 0.283 e. The molecule has 0 spiro atoms. The molecular formula is C24H16Cl3N3O3. The Morgan fingerprint density at radius 1 is 0.848 bits per heavy atom. The van der Waals surface area contributed by atoms with Crippen molar-refractivity contribution in [2.24, 2.45) is 0 Å². The van der Waals surface area contributed by atoms with Gasteiger partial charge in [0.25, 0.3) is 17.7 Å². The summed E-state index contributed by atoms with van der Waals surface area (Å²) in [6.07, 6.45) is 0. The number of aryl methyl sites for hydroxylation is 1. The highest BCUT2D eigenvalue weighted by atomic mass is 35.5. The SMILES string of the molecule is Cc1cc(Cl)ccc1NC(=O)c1ccc(NC2=C(Cl)C(=O)N(c3cccc(Cl)c3)C2=O)cc1. The Morgan fingerprint density at radius 2 is 1.55 bits per heavy atom. The van der Waals surface area contributed by atoms with Crippen molar-refractivity contribution in [3.63, 3.8) is 0 Å². The molecule has 166 valence electrons. The molecule has 0 saturated heterocycles. The van der Waals surface area contributed by atoms with E-state index in [9.17, 15) is 14.4 Å². The molecule has 1 heterocycles. The summed E-state index contributed by atoms with van der Waals surface area (Å²) in [7, 11) is 0. The third-order valence-electron chi connectivity index (χ3n) is 4.95. The van der Waals surface area contributed by atoms with Gasteiger partial charge in [0.2, 0.25) is 0 Å². The van der Waals surface area contributed by atoms with Crippen LogP contribution in [0.2, 0.25) is 10.0 Å². The topological polar surface area (TPSA) is 78.5 Å². The van der Waals surface area contributed by atoms with Crippen molar-refractivity contribution in [2.45, 2.75) is 6.92 Å². The van der Waals surface area contributed by atoms with Gasteiger partial charge in [-0.15, -0.1) is 0 Å². The number of amides is 3. The van der Waals surface area contributed by atoms with Crippen molar-refractivity contribution in [3.8, 4) is 0 Å². The number of benzene rings is 3. The molecule has 3 aromatic carbocycles. The maximum atomic E-state index is 12.9. The minimum absolute atomic E-state index is 0.0596. The average Bonchev–Trinajstić information content (AvgIpc) is 2.99. The standard InChI is InChI=1S/C24H16Cl3N3O3/c1-13-11-16(26)7-10-19(13)29-22(31)14-5-8-17(9-6-14)28-21-20(27)23(32)30(24(21)33)18-4-2-3-15(25)12-18/h2-12,28H,1H3,(H,29,31). The zero-order chi connectivity index (χ0) is 23.7. The van der Waals surface area contributed by atoms with Crippen molar-refractivity contribution in [1.82, 2.24) is 0 Å². The summed E-state index contributed by atoms with van der Waals surface area (Å²) < 4.78 is 0. The molecular weight excluding hydrogens is 485 g/mol. The minimum atomic E-state index is -0.652. The van der Waals surface area contributed by atoms with E-state index >= 15 is 0 Å². The lowest BCUT2D eigenvalue weighted by Gasteiger charge is -2.15. The Balaban J connectivity index is 1.49. The van der Waals surface area contributed by atoms with E-state index in [2.05, 4.69) is 10.6 Å². The molecule has 0 unspecified atom stereocenters. The molecule has 0 aliphatic carbocycles. The van der Waals surface area contributed by atoms with Crippen molar-refractivity contribution in [1.29, 1.82) is 0 Å². The van der Waals surface area contributed by atoms with E-state index in [-0.39, 0.29) is 16.6 Å². The molecule has 6 nitrogen and oxygen atoms in total. The number of anilines is 3. The van der Waals surface area contributed by atoms with Crippen LogP contribution in [0.3, 0.4) is 0 Å². The van der Waals surface area contributed by atoms with E-state index in [0.717, 1.165) is 10.5 Å². The first-order chi connectivity index (χ1) is 15.7. The smallest absolute Gasteiger partial charge is 0.283 e. The number of hydrogen-bond acceptors (Lipinski definition) is 4. The summed E-state index contributed by atoms with van der Waals surface area (Å²) in [6.45, 7) is 1.85. The van der Waals surface area contributed by atoms with Gasteiger partial charge < -0.3 is 10.6 Å². The summed E-state index contributed by atoms with van der Waals surface area (Å²) in [4.78, 5) is 38.9. The second-order valence-electron chi connectivity index (χ2n) is 7.23. The molecule has 1 aliphatic rings. The van der Waals surface area contributed by atoms with E-state index in [0.29, 0.717) is 32.7 Å². The predicted octanol–water partition coefficient (Wildman–Crippen LogP) is 5.99. The predicted molar refractivity (Wildman–Crippen MR) is 131 cm³/mol. The molecule has 0 atom stereocenters. The van der Waals surface area contributed by atoms with Gasteiger partial charge in [-0.1, -0.05) is 40.9 Å². The Morgan fingerprint density at radius 3 is 2.21 bits per heavy atom. The van der Waals surface area contributed by atoms with Crippen molar-refractivity contribution in [2.75, 3.05) is 15.5 Å². The monoisotopic (exact) mass is 499 g/mol. The number of hydrogen-bond donors (Lipinski definition) is 2. The van der Waals surface area contributed by atoms with Crippen molar-refractivity contribution in [3.05, 3.63) is 98.6 Å². The molecule has 4 rings (SSSR count). The van der Waals surface area contributed by atoms with Gasteiger partial charge >= 0.3 is 0 Å². The molecule has 2 N–H and O–H groups in total. The Bertz CT molecular complexity index is 1320. The number of halogens is 3. The van der Waals surface area contributed by atoms with Crippen LogP contribution in [0.25, 0.3) is 0 Å². The summed E-state index contributed by atoms with van der Waals surface area (Å²) in [5.74, 6) is -1.56. The lowest BCUT2D eigenvalue weighted by atomic mass is 10.1. The Labute approximate surface area is 204 Å². The van der Waals surface area contributed by atoms with E-state index in [1.807, 2.05) is 6.92 Å². The first-order valence-corrected chi connectivity index (χ1v) is 10.9.